The molecule has 1 aromatic heterocycles. The van der Waals surface area contributed by atoms with Gasteiger partial charge in [-0.1, -0.05) is 25.6 Å². The first kappa shape index (κ1) is 13.8. The molecule has 0 atom stereocenters. The number of nitrogens with zero attached hydrogens (tertiary/aromatic N) is 2. The van der Waals surface area contributed by atoms with Crippen LogP contribution in [0.4, 0.5) is 5.82 Å². The number of carbonyl (C=O) groups is 1. The van der Waals surface area contributed by atoms with Crippen molar-refractivity contribution in [3.8, 4) is 0 Å². The highest BCUT2D eigenvalue weighted by atomic mass is 32.2. The lowest BCUT2D eigenvalue weighted by molar-refractivity contribution is -0.115. The second-order valence-corrected chi connectivity index (χ2v) is 4.51. The van der Waals surface area contributed by atoms with E-state index >= 15 is 0 Å². The Kier molecular flexibility index (Phi) is 5.76. The summed E-state index contributed by atoms with van der Waals surface area (Å²) in [6.07, 6.45) is 3.38. The van der Waals surface area contributed by atoms with E-state index in [0.717, 1.165) is 35.8 Å². The van der Waals surface area contributed by atoms with E-state index in [1.807, 2.05) is 6.92 Å². The second kappa shape index (κ2) is 7.11. The molecule has 3 N–H and O–H groups in total. The third kappa shape index (κ3) is 4.22. The number of rotatable bonds is 7. The molecule has 0 spiro atoms. The third-order valence-electron chi connectivity index (χ3n) is 2.15. The summed E-state index contributed by atoms with van der Waals surface area (Å²) in [4.78, 5) is 19.2. The van der Waals surface area contributed by atoms with Crippen molar-refractivity contribution in [2.75, 3.05) is 17.6 Å². The molecule has 0 saturated carbocycles. The molecule has 0 fully saturated rings. The van der Waals surface area contributed by atoms with Gasteiger partial charge in [0.25, 0.3) is 0 Å². The maximum absolute atomic E-state index is 10.8. The van der Waals surface area contributed by atoms with Gasteiger partial charge in [-0.25, -0.2) is 9.97 Å². The van der Waals surface area contributed by atoms with Crippen LogP contribution in [-0.2, 0) is 11.2 Å². The Morgan fingerprint density at radius 3 is 2.82 bits per heavy atom. The Labute approximate surface area is 106 Å². The second-order valence-electron chi connectivity index (χ2n) is 3.54. The van der Waals surface area contributed by atoms with Crippen LogP contribution in [0.3, 0.4) is 0 Å². The predicted octanol–water partition coefficient (Wildman–Crippen LogP) is 1.44. The number of aromatic nitrogens is 2. The zero-order valence-corrected chi connectivity index (χ0v) is 11.0. The average Bonchev–Trinajstić information content (AvgIpc) is 2.33. The first-order valence-electron chi connectivity index (χ1n) is 5.67. The van der Waals surface area contributed by atoms with Crippen LogP contribution in [0, 0.1) is 0 Å². The predicted molar refractivity (Wildman–Crippen MR) is 70.1 cm³/mol. The van der Waals surface area contributed by atoms with Crippen molar-refractivity contribution in [1.29, 1.82) is 0 Å². The van der Waals surface area contributed by atoms with Gasteiger partial charge in [-0.3, -0.25) is 4.79 Å². The quantitative estimate of drug-likeness (QED) is 0.568. The standard InChI is InChI=1S/C11H18N4OS/c1-3-5-13-10-8(4-2)11(15-7-14-10)17-6-9(12)16/h7H,3-6H2,1-2H3,(H2,12,16)(H,13,14,15). The van der Waals surface area contributed by atoms with Gasteiger partial charge >= 0.3 is 0 Å². The molecule has 6 heteroatoms. The Bertz CT molecular complexity index is 384. The van der Waals surface area contributed by atoms with E-state index in [0.29, 0.717) is 0 Å². The molecule has 0 aliphatic carbocycles. The molecule has 0 bridgehead atoms. The lowest BCUT2D eigenvalue weighted by Gasteiger charge is -2.11. The molecule has 1 amide bonds. The van der Waals surface area contributed by atoms with Crippen molar-refractivity contribution in [1.82, 2.24) is 9.97 Å². The van der Waals surface area contributed by atoms with E-state index in [9.17, 15) is 4.79 Å². The van der Waals surface area contributed by atoms with Gasteiger partial charge in [0.2, 0.25) is 5.91 Å². The lowest BCUT2D eigenvalue weighted by Crippen LogP contribution is -2.14. The summed E-state index contributed by atoms with van der Waals surface area (Å²) in [5.74, 6) is 0.770. The van der Waals surface area contributed by atoms with Gasteiger partial charge in [0.15, 0.2) is 0 Å². The number of nitrogens with two attached hydrogens (primary N) is 1. The minimum absolute atomic E-state index is 0.247. The van der Waals surface area contributed by atoms with Gasteiger partial charge in [0.1, 0.15) is 17.2 Å². The molecule has 0 aromatic carbocycles. The highest BCUT2D eigenvalue weighted by Gasteiger charge is 2.10. The number of nitrogens with one attached hydrogen (secondary N) is 1. The number of thioether (sulfide) groups is 1. The van der Waals surface area contributed by atoms with Gasteiger partial charge in [0, 0.05) is 12.1 Å². The Hall–Kier alpha value is -1.30. The van der Waals surface area contributed by atoms with Crippen LogP contribution < -0.4 is 11.1 Å². The SMILES string of the molecule is CCCNc1ncnc(SCC(N)=O)c1CC. The van der Waals surface area contributed by atoms with E-state index in [4.69, 9.17) is 5.73 Å². The number of anilines is 1. The molecule has 0 radical (unpaired) electrons. The zero-order chi connectivity index (χ0) is 12.7. The molecule has 1 rings (SSSR count). The normalized spacial score (nSPS) is 10.2. The number of carbonyl (C=O) groups excluding carboxylic acids is 1. The van der Waals surface area contributed by atoms with Gasteiger partial charge in [-0.2, -0.15) is 0 Å². The van der Waals surface area contributed by atoms with Crippen molar-refractivity contribution < 1.29 is 4.79 Å². The van der Waals surface area contributed by atoms with E-state index in [2.05, 4.69) is 22.2 Å². The van der Waals surface area contributed by atoms with E-state index < -0.39 is 0 Å². The molecule has 1 aromatic rings. The third-order valence-corrected chi connectivity index (χ3v) is 3.21. The fourth-order valence-corrected chi connectivity index (χ4v) is 2.19. The van der Waals surface area contributed by atoms with Crippen molar-refractivity contribution >= 4 is 23.5 Å². The van der Waals surface area contributed by atoms with E-state index in [-0.39, 0.29) is 11.7 Å². The maximum atomic E-state index is 10.8. The van der Waals surface area contributed by atoms with Crippen LogP contribution in [0.25, 0.3) is 0 Å². The van der Waals surface area contributed by atoms with Crippen molar-refractivity contribution in [3.63, 3.8) is 0 Å². The molecule has 0 aliphatic rings. The van der Waals surface area contributed by atoms with E-state index in [1.165, 1.54) is 18.1 Å². The molecular weight excluding hydrogens is 236 g/mol. The highest BCUT2D eigenvalue weighted by Crippen LogP contribution is 2.24. The maximum Gasteiger partial charge on any atom is 0.227 e. The van der Waals surface area contributed by atoms with Gasteiger partial charge in [0.05, 0.1) is 5.75 Å². The molecule has 94 valence electrons. The van der Waals surface area contributed by atoms with Crippen LogP contribution in [0.1, 0.15) is 25.8 Å². The Morgan fingerprint density at radius 1 is 1.47 bits per heavy atom. The fraction of sp³-hybridized carbons (Fsp3) is 0.545. The van der Waals surface area contributed by atoms with Crippen LogP contribution in [0.15, 0.2) is 11.4 Å². The largest absolute Gasteiger partial charge is 0.370 e. The number of hydrogen-bond acceptors (Lipinski definition) is 5. The summed E-state index contributed by atoms with van der Waals surface area (Å²) >= 11 is 1.36. The van der Waals surface area contributed by atoms with Gasteiger partial charge in [-0.05, 0) is 12.8 Å². The van der Waals surface area contributed by atoms with Crippen LogP contribution in [0.5, 0.6) is 0 Å². The molecular formula is C11H18N4OS. The summed E-state index contributed by atoms with van der Waals surface area (Å²) in [6.45, 7) is 5.02. The highest BCUT2D eigenvalue weighted by molar-refractivity contribution is 7.99. The Balaban J connectivity index is 2.84. The topological polar surface area (TPSA) is 80.9 Å². The molecule has 1 heterocycles. The fourth-order valence-electron chi connectivity index (χ4n) is 1.37. The van der Waals surface area contributed by atoms with Crippen molar-refractivity contribution in [2.45, 2.75) is 31.7 Å². The first-order valence-corrected chi connectivity index (χ1v) is 6.66. The van der Waals surface area contributed by atoms with Crippen LogP contribution in [0.2, 0.25) is 0 Å². The molecule has 5 nitrogen and oxygen atoms in total. The van der Waals surface area contributed by atoms with E-state index in [1.54, 1.807) is 0 Å². The molecule has 17 heavy (non-hydrogen) atoms. The monoisotopic (exact) mass is 254 g/mol. The van der Waals surface area contributed by atoms with Crippen LogP contribution >= 0.6 is 11.8 Å². The summed E-state index contributed by atoms with van der Waals surface area (Å²) in [6, 6.07) is 0. The zero-order valence-electron chi connectivity index (χ0n) is 10.2. The smallest absolute Gasteiger partial charge is 0.227 e. The molecule has 0 aliphatic heterocycles. The van der Waals surface area contributed by atoms with Crippen LogP contribution in [-0.4, -0.2) is 28.2 Å². The summed E-state index contributed by atoms with van der Waals surface area (Å²) in [5.41, 5.74) is 6.18. The lowest BCUT2D eigenvalue weighted by atomic mass is 10.2. The minimum Gasteiger partial charge on any atom is -0.370 e. The number of amides is 1. The average molecular weight is 254 g/mol. The molecule has 0 saturated heterocycles. The first-order chi connectivity index (χ1) is 8.19. The number of hydrogen-bond donors (Lipinski definition) is 2. The minimum atomic E-state index is -0.335. The summed E-state index contributed by atoms with van der Waals surface area (Å²) in [5, 5.41) is 4.09. The van der Waals surface area contributed by atoms with Gasteiger partial charge < -0.3 is 11.1 Å². The number of primary amides is 1. The summed E-state index contributed by atoms with van der Waals surface area (Å²) in [7, 11) is 0. The summed E-state index contributed by atoms with van der Waals surface area (Å²) < 4.78 is 0. The van der Waals surface area contributed by atoms with Gasteiger partial charge in [-0.15, -0.1) is 0 Å². The van der Waals surface area contributed by atoms with Crippen molar-refractivity contribution in [2.24, 2.45) is 5.73 Å². The van der Waals surface area contributed by atoms with Crippen molar-refractivity contribution in [3.05, 3.63) is 11.9 Å². The Morgan fingerprint density at radius 2 is 2.24 bits per heavy atom. The molecule has 0 unspecified atom stereocenters.